The normalized spacial score (nSPS) is 17.4. The first-order chi connectivity index (χ1) is 12.6. The van der Waals surface area contributed by atoms with Gasteiger partial charge in [-0.15, -0.1) is 0 Å². The van der Waals surface area contributed by atoms with Gasteiger partial charge in [0, 0.05) is 24.3 Å². The number of aromatic nitrogens is 2. The van der Waals surface area contributed by atoms with Gasteiger partial charge < -0.3 is 15.0 Å². The lowest BCUT2D eigenvalue weighted by Crippen LogP contribution is -2.40. The van der Waals surface area contributed by atoms with Crippen molar-refractivity contribution in [3.05, 3.63) is 36.0 Å². The molecule has 1 saturated heterocycles. The number of benzene rings is 1. The molecule has 26 heavy (non-hydrogen) atoms. The molecule has 0 spiro atoms. The van der Waals surface area contributed by atoms with Gasteiger partial charge in [0.05, 0.1) is 11.8 Å². The van der Waals surface area contributed by atoms with Crippen LogP contribution in [0.3, 0.4) is 0 Å². The Hall–Kier alpha value is -2.30. The SMILES string of the molecule is CCC1CCCCN1c1nc(C)cc(Nc2ccccc2OC(C)C)n1. The monoisotopic (exact) mass is 354 g/mol. The van der Waals surface area contributed by atoms with Crippen molar-refractivity contribution in [3.8, 4) is 5.75 Å². The van der Waals surface area contributed by atoms with Gasteiger partial charge in [-0.3, -0.25) is 0 Å². The van der Waals surface area contributed by atoms with E-state index in [1.165, 1.54) is 19.3 Å². The molecular formula is C21H30N4O. The van der Waals surface area contributed by atoms with Crippen LogP contribution in [-0.2, 0) is 0 Å². The Morgan fingerprint density at radius 1 is 1.23 bits per heavy atom. The Labute approximate surface area is 156 Å². The van der Waals surface area contributed by atoms with Crippen molar-refractivity contribution in [3.63, 3.8) is 0 Å². The number of anilines is 3. The third kappa shape index (κ3) is 4.45. The first-order valence-electron chi connectivity index (χ1n) is 9.72. The van der Waals surface area contributed by atoms with Gasteiger partial charge in [0.2, 0.25) is 5.95 Å². The summed E-state index contributed by atoms with van der Waals surface area (Å²) in [7, 11) is 0. The van der Waals surface area contributed by atoms with Crippen molar-refractivity contribution in [2.45, 2.75) is 65.5 Å². The highest BCUT2D eigenvalue weighted by Gasteiger charge is 2.23. The molecule has 0 amide bonds. The molecule has 1 aliphatic rings. The van der Waals surface area contributed by atoms with E-state index in [0.29, 0.717) is 6.04 Å². The van der Waals surface area contributed by atoms with Crippen molar-refractivity contribution in [1.82, 2.24) is 9.97 Å². The highest BCUT2D eigenvalue weighted by atomic mass is 16.5. The van der Waals surface area contributed by atoms with Gasteiger partial charge in [-0.25, -0.2) is 4.98 Å². The number of piperidine rings is 1. The molecule has 1 aliphatic heterocycles. The molecule has 0 aliphatic carbocycles. The third-order valence-electron chi connectivity index (χ3n) is 4.71. The van der Waals surface area contributed by atoms with Crippen LogP contribution in [0, 0.1) is 6.92 Å². The van der Waals surface area contributed by atoms with Crippen LogP contribution >= 0.6 is 0 Å². The number of ether oxygens (including phenoxy) is 1. The fraction of sp³-hybridized carbons (Fsp3) is 0.524. The molecule has 0 radical (unpaired) electrons. The molecule has 0 saturated carbocycles. The van der Waals surface area contributed by atoms with Gasteiger partial charge in [-0.2, -0.15) is 4.98 Å². The standard InChI is InChI=1S/C21H30N4O/c1-5-17-10-8-9-13-25(17)21-22-16(4)14-20(24-21)23-18-11-6-7-12-19(18)26-15(2)3/h6-7,11-12,14-15,17H,5,8-10,13H2,1-4H3,(H,22,23,24). The summed E-state index contributed by atoms with van der Waals surface area (Å²) >= 11 is 0. The summed E-state index contributed by atoms with van der Waals surface area (Å²) in [5.74, 6) is 2.48. The minimum absolute atomic E-state index is 0.124. The van der Waals surface area contributed by atoms with E-state index in [0.717, 1.165) is 41.9 Å². The van der Waals surface area contributed by atoms with Crippen LogP contribution in [0.5, 0.6) is 5.75 Å². The topological polar surface area (TPSA) is 50.3 Å². The van der Waals surface area contributed by atoms with E-state index >= 15 is 0 Å². The van der Waals surface area contributed by atoms with Crippen LogP contribution in [0.25, 0.3) is 0 Å². The second-order valence-corrected chi connectivity index (χ2v) is 7.23. The lowest BCUT2D eigenvalue weighted by atomic mass is 10.0. The fourth-order valence-corrected chi connectivity index (χ4v) is 3.50. The number of aryl methyl sites for hydroxylation is 1. The summed E-state index contributed by atoms with van der Waals surface area (Å²) in [4.78, 5) is 11.9. The zero-order valence-electron chi connectivity index (χ0n) is 16.3. The Morgan fingerprint density at radius 2 is 2.04 bits per heavy atom. The van der Waals surface area contributed by atoms with Gasteiger partial charge in [-0.1, -0.05) is 19.1 Å². The van der Waals surface area contributed by atoms with Gasteiger partial charge in [-0.05, 0) is 58.6 Å². The van der Waals surface area contributed by atoms with Gasteiger partial charge >= 0.3 is 0 Å². The zero-order valence-corrected chi connectivity index (χ0v) is 16.3. The predicted molar refractivity (Wildman–Crippen MR) is 108 cm³/mol. The van der Waals surface area contributed by atoms with Gasteiger partial charge in [0.1, 0.15) is 11.6 Å². The average molecular weight is 354 g/mol. The van der Waals surface area contributed by atoms with Crippen LogP contribution in [0.2, 0.25) is 0 Å². The maximum Gasteiger partial charge on any atom is 0.227 e. The zero-order chi connectivity index (χ0) is 18.5. The predicted octanol–water partition coefficient (Wildman–Crippen LogP) is 5.08. The summed E-state index contributed by atoms with van der Waals surface area (Å²) < 4.78 is 5.91. The number of hydrogen-bond donors (Lipinski definition) is 1. The van der Waals surface area contributed by atoms with E-state index in [4.69, 9.17) is 14.7 Å². The smallest absolute Gasteiger partial charge is 0.227 e. The molecular weight excluding hydrogens is 324 g/mol. The Kier molecular flexibility index (Phi) is 5.96. The Bertz CT molecular complexity index is 732. The van der Waals surface area contributed by atoms with Gasteiger partial charge in [0.15, 0.2) is 0 Å². The molecule has 2 aromatic rings. The average Bonchev–Trinajstić information content (AvgIpc) is 2.62. The molecule has 1 fully saturated rings. The van der Waals surface area contributed by atoms with Crippen molar-refractivity contribution in [2.75, 3.05) is 16.8 Å². The number of para-hydroxylation sites is 2. The Balaban J connectivity index is 1.87. The quantitative estimate of drug-likeness (QED) is 0.783. The molecule has 2 heterocycles. The third-order valence-corrected chi connectivity index (χ3v) is 4.71. The molecule has 5 nitrogen and oxygen atoms in total. The maximum absolute atomic E-state index is 5.91. The van der Waals surface area contributed by atoms with E-state index in [-0.39, 0.29) is 6.10 Å². The van der Waals surface area contributed by atoms with Crippen LogP contribution in [0.15, 0.2) is 30.3 Å². The highest BCUT2D eigenvalue weighted by Crippen LogP contribution is 2.30. The highest BCUT2D eigenvalue weighted by molar-refractivity contribution is 5.65. The first-order valence-corrected chi connectivity index (χ1v) is 9.72. The lowest BCUT2D eigenvalue weighted by molar-refractivity contribution is 0.244. The lowest BCUT2D eigenvalue weighted by Gasteiger charge is -2.35. The fourth-order valence-electron chi connectivity index (χ4n) is 3.50. The van der Waals surface area contributed by atoms with E-state index in [9.17, 15) is 0 Å². The second kappa shape index (κ2) is 8.39. The van der Waals surface area contributed by atoms with Crippen LogP contribution in [0.1, 0.15) is 52.1 Å². The Morgan fingerprint density at radius 3 is 2.81 bits per heavy atom. The second-order valence-electron chi connectivity index (χ2n) is 7.23. The number of hydrogen-bond acceptors (Lipinski definition) is 5. The van der Waals surface area contributed by atoms with Crippen LogP contribution < -0.4 is 15.0 Å². The van der Waals surface area contributed by atoms with E-state index in [1.807, 2.05) is 51.1 Å². The first kappa shape index (κ1) is 18.5. The van der Waals surface area contributed by atoms with Crippen molar-refractivity contribution in [1.29, 1.82) is 0 Å². The number of nitrogens with one attached hydrogen (secondary N) is 1. The molecule has 1 aromatic carbocycles. The summed E-state index contributed by atoms with van der Waals surface area (Å²) in [5, 5.41) is 3.43. The van der Waals surface area contributed by atoms with Crippen molar-refractivity contribution >= 4 is 17.5 Å². The molecule has 1 unspecified atom stereocenters. The molecule has 1 aromatic heterocycles. The molecule has 5 heteroatoms. The molecule has 140 valence electrons. The summed E-state index contributed by atoms with van der Waals surface area (Å²) in [6.45, 7) is 9.37. The molecule has 1 atom stereocenters. The number of rotatable bonds is 6. The van der Waals surface area contributed by atoms with Gasteiger partial charge in [0.25, 0.3) is 0 Å². The molecule has 3 rings (SSSR count). The van der Waals surface area contributed by atoms with E-state index < -0.39 is 0 Å². The van der Waals surface area contributed by atoms with E-state index in [1.54, 1.807) is 0 Å². The largest absolute Gasteiger partial charge is 0.489 e. The minimum atomic E-state index is 0.124. The molecule has 1 N–H and O–H groups in total. The van der Waals surface area contributed by atoms with E-state index in [2.05, 4.69) is 17.1 Å². The summed E-state index contributed by atoms with van der Waals surface area (Å²) in [5.41, 5.74) is 1.90. The minimum Gasteiger partial charge on any atom is -0.489 e. The summed E-state index contributed by atoms with van der Waals surface area (Å²) in [6, 6.07) is 10.5. The maximum atomic E-state index is 5.91. The van der Waals surface area contributed by atoms with Crippen LogP contribution in [0.4, 0.5) is 17.5 Å². The van der Waals surface area contributed by atoms with Crippen LogP contribution in [-0.4, -0.2) is 28.7 Å². The number of nitrogens with zero attached hydrogens (tertiary/aromatic N) is 3. The van der Waals surface area contributed by atoms with Crippen molar-refractivity contribution in [2.24, 2.45) is 0 Å². The summed E-state index contributed by atoms with van der Waals surface area (Å²) in [6.07, 6.45) is 4.99. The molecule has 0 bridgehead atoms. The van der Waals surface area contributed by atoms with Crippen molar-refractivity contribution < 1.29 is 4.74 Å².